The zero-order valence-corrected chi connectivity index (χ0v) is 18.7. The number of hydrogen-bond donors (Lipinski definition) is 0. The quantitative estimate of drug-likeness (QED) is 0.604. The second-order valence-corrected chi connectivity index (χ2v) is 9.18. The van der Waals surface area contributed by atoms with Gasteiger partial charge in [0, 0.05) is 37.7 Å². The number of piperazine rings is 1. The number of nitrogens with zero attached hydrogens (tertiary/aromatic N) is 3. The van der Waals surface area contributed by atoms with Crippen LogP contribution in [0.1, 0.15) is 26.3 Å². The van der Waals surface area contributed by atoms with Gasteiger partial charge < -0.3 is 14.2 Å². The average molecular weight is 444 g/mol. The molecule has 1 aromatic heterocycles. The number of carbonyl (C=O) groups is 1. The molecule has 1 aliphatic rings. The summed E-state index contributed by atoms with van der Waals surface area (Å²) in [5.74, 6) is 0. The fraction of sp³-hybridized carbons (Fsp3) is 0.391. The second-order valence-electron chi connectivity index (χ2n) is 8.74. The Balaban J connectivity index is 1.38. The summed E-state index contributed by atoms with van der Waals surface area (Å²) >= 11 is 5.99. The maximum absolute atomic E-state index is 12.6. The van der Waals surface area contributed by atoms with Crippen LogP contribution in [0.5, 0.6) is 0 Å². The molecule has 0 spiro atoms. The predicted octanol–water partition coefficient (Wildman–Crippen LogP) is 4.29. The topological polar surface area (TPSA) is 67.9 Å². The number of rotatable bonds is 3. The van der Waals surface area contributed by atoms with Crippen LogP contribution in [0.3, 0.4) is 0 Å². The van der Waals surface area contributed by atoms with Crippen LogP contribution < -0.4 is 5.56 Å². The number of aromatic nitrogens is 1. The minimum absolute atomic E-state index is 0.233. The van der Waals surface area contributed by atoms with E-state index in [2.05, 4.69) is 4.90 Å². The number of ether oxygens (including phenoxy) is 1. The molecule has 3 aromatic rings. The molecule has 0 atom stereocenters. The number of benzene rings is 2. The smallest absolute Gasteiger partial charge is 0.410 e. The lowest BCUT2D eigenvalue weighted by molar-refractivity contribution is 0.0139. The Morgan fingerprint density at radius 1 is 1.06 bits per heavy atom. The van der Waals surface area contributed by atoms with Gasteiger partial charge in [0.1, 0.15) is 5.60 Å². The molecule has 0 radical (unpaired) electrons. The van der Waals surface area contributed by atoms with E-state index in [0.717, 1.165) is 25.2 Å². The van der Waals surface area contributed by atoms with E-state index in [0.29, 0.717) is 34.8 Å². The molecule has 1 saturated heterocycles. The molecule has 8 heteroatoms. The highest BCUT2D eigenvalue weighted by Gasteiger charge is 2.25. The van der Waals surface area contributed by atoms with E-state index >= 15 is 0 Å². The average Bonchev–Trinajstić information content (AvgIpc) is 3.04. The van der Waals surface area contributed by atoms with Crippen molar-refractivity contribution in [1.29, 1.82) is 0 Å². The van der Waals surface area contributed by atoms with Gasteiger partial charge in [-0.2, -0.15) is 0 Å². The Hall–Kier alpha value is -2.77. The van der Waals surface area contributed by atoms with Gasteiger partial charge in [0.2, 0.25) is 0 Å². The summed E-state index contributed by atoms with van der Waals surface area (Å²) in [5.41, 5.74) is 1.58. The molecule has 31 heavy (non-hydrogen) atoms. The van der Waals surface area contributed by atoms with E-state index in [1.54, 1.807) is 23.1 Å². The molecule has 1 aliphatic heterocycles. The molecule has 0 bridgehead atoms. The van der Waals surface area contributed by atoms with Gasteiger partial charge in [0.05, 0.1) is 11.1 Å². The normalized spacial score (nSPS) is 15.4. The Morgan fingerprint density at radius 3 is 2.39 bits per heavy atom. The monoisotopic (exact) mass is 443 g/mol. The first kappa shape index (κ1) is 21.5. The number of hydrogen-bond acceptors (Lipinski definition) is 5. The lowest BCUT2D eigenvalue weighted by atomic mass is 10.2. The van der Waals surface area contributed by atoms with Crippen LogP contribution in [0.15, 0.2) is 51.8 Å². The van der Waals surface area contributed by atoms with E-state index in [-0.39, 0.29) is 11.7 Å². The number of halogens is 1. The van der Waals surface area contributed by atoms with Gasteiger partial charge in [-0.1, -0.05) is 23.7 Å². The van der Waals surface area contributed by atoms with Gasteiger partial charge in [-0.05, 0) is 56.7 Å². The van der Waals surface area contributed by atoms with Crippen molar-refractivity contribution in [3.63, 3.8) is 0 Å². The predicted molar refractivity (Wildman–Crippen MR) is 120 cm³/mol. The van der Waals surface area contributed by atoms with E-state index in [4.69, 9.17) is 20.9 Å². The Kier molecular flexibility index (Phi) is 5.81. The summed E-state index contributed by atoms with van der Waals surface area (Å²) in [6.07, 6.45) is -0.255. The maximum atomic E-state index is 12.6. The van der Waals surface area contributed by atoms with Gasteiger partial charge in [-0.3, -0.25) is 9.69 Å². The standard InChI is InChI=1S/C23H26ClN3O4/c1-23(2,3)30-22(29)26-12-10-25(11-13-26)15-16-4-7-18(8-5-16)27-21(28)19-14-17(24)6-9-20(19)31-27/h4-9,14H,10-13,15H2,1-3H3. The summed E-state index contributed by atoms with van der Waals surface area (Å²) in [7, 11) is 0. The van der Waals surface area contributed by atoms with Crippen LogP contribution >= 0.6 is 11.6 Å². The summed E-state index contributed by atoms with van der Waals surface area (Å²) in [6, 6.07) is 12.7. The molecule has 1 amide bonds. The molecular formula is C23H26ClN3O4. The first-order valence-corrected chi connectivity index (χ1v) is 10.7. The third kappa shape index (κ3) is 4.94. The summed E-state index contributed by atoms with van der Waals surface area (Å²) in [6.45, 7) is 9.24. The van der Waals surface area contributed by atoms with E-state index in [1.807, 2.05) is 45.0 Å². The molecule has 0 N–H and O–H groups in total. The molecular weight excluding hydrogens is 418 g/mol. The molecule has 4 rings (SSSR count). The van der Waals surface area contributed by atoms with Gasteiger partial charge in [-0.15, -0.1) is 4.74 Å². The lowest BCUT2D eigenvalue weighted by Crippen LogP contribution is -2.49. The van der Waals surface area contributed by atoms with E-state index in [1.165, 1.54) is 4.74 Å². The Labute approximate surface area is 185 Å². The molecule has 0 unspecified atom stereocenters. The van der Waals surface area contributed by atoms with Crippen molar-refractivity contribution in [3.8, 4) is 5.69 Å². The Morgan fingerprint density at radius 2 is 1.74 bits per heavy atom. The van der Waals surface area contributed by atoms with Crippen molar-refractivity contribution in [1.82, 2.24) is 14.5 Å². The second kappa shape index (κ2) is 8.40. The first-order valence-electron chi connectivity index (χ1n) is 10.3. The zero-order chi connectivity index (χ0) is 22.2. The van der Waals surface area contributed by atoms with E-state index < -0.39 is 5.60 Å². The first-order chi connectivity index (χ1) is 14.7. The third-order valence-corrected chi connectivity index (χ3v) is 5.38. The molecule has 0 aliphatic carbocycles. The summed E-state index contributed by atoms with van der Waals surface area (Å²) in [4.78, 5) is 28.9. The molecule has 2 heterocycles. The van der Waals surface area contributed by atoms with Crippen molar-refractivity contribution >= 4 is 28.7 Å². The van der Waals surface area contributed by atoms with Crippen LogP contribution in [-0.4, -0.2) is 52.4 Å². The minimum atomic E-state index is -0.482. The highest BCUT2D eigenvalue weighted by molar-refractivity contribution is 6.31. The highest BCUT2D eigenvalue weighted by atomic mass is 35.5. The van der Waals surface area contributed by atoms with Gasteiger partial charge in [0.15, 0.2) is 5.58 Å². The van der Waals surface area contributed by atoms with Gasteiger partial charge in [-0.25, -0.2) is 4.79 Å². The largest absolute Gasteiger partial charge is 0.444 e. The van der Waals surface area contributed by atoms with Crippen LogP contribution in [-0.2, 0) is 11.3 Å². The van der Waals surface area contributed by atoms with Crippen molar-refractivity contribution in [2.45, 2.75) is 32.9 Å². The number of amides is 1. The van der Waals surface area contributed by atoms with Crippen molar-refractivity contribution in [2.75, 3.05) is 26.2 Å². The fourth-order valence-electron chi connectivity index (χ4n) is 3.58. The van der Waals surface area contributed by atoms with Gasteiger partial charge in [0.25, 0.3) is 5.56 Å². The SMILES string of the molecule is CC(C)(C)OC(=O)N1CCN(Cc2ccc(-n3oc4ccc(Cl)cc4c3=O)cc2)CC1. The summed E-state index contributed by atoms with van der Waals surface area (Å²) in [5, 5.41) is 0.957. The number of fused-ring (bicyclic) bond motifs is 1. The molecule has 2 aromatic carbocycles. The molecule has 7 nitrogen and oxygen atoms in total. The zero-order valence-electron chi connectivity index (χ0n) is 17.9. The molecule has 164 valence electrons. The van der Waals surface area contributed by atoms with Crippen LogP contribution in [0, 0.1) is 0 Å². The van der Waals surface area contributed by atoms with Gasteiger partial charge >= 0.3 is 6.09 Å². The van der Waals surface area contributed by atoms with Crippen molar-refractivity contribution in [2.24, 2.45) is 0 Å². The number of carbonyl (C=O) groups excluding carboxylic acids is 1. The highest BCUT2D eigenvalue weighted by Crippen LogP contribution is 2.20. The van der Waals surface area contributed by atoms with Crippen LogP contribution in [0.2, 0.25) is 5.02 Å². The van der Waals surface area contributed by atoms with Crippen LogP contribution in [0.4, 0.5) is 4.79 Å². The minimum Gasteiger partial charge on any atom is -0.444 e. The van der Waals surface area contributed by atoms with Crippen molar-refractivity contribution < 1.29 is 14.1 Å². The van der Waals surface area contributed by atoms with Crippen LogP contribution in [0.25, 0.3) is 16.7 Å². The molecule has 0 saturated carbocycles. The molecule has 1 fully saturated rings. The Bertz CT molecular complexity index is 1140. The summed E-state index contributed by atoms with van der Waals surface area (Å²) < 4.78 is 12.4. The third-order valence-electron chi connectivity index (χ3n) is 5.15. The lowest BCUT2D eigenvalue weighted by Gasteiger charge is -2.35. The fourth-order valence-corrected chi connectivity index (χ4v) is 3.75. The maximum Gasteiger partial charge on any atom is 0.410 e. The van der Waals surface area contributed by atoms with E-state index in [9.17, 15) is 9.59 Å². The van der Waals surface area contributed by atoms with Crippen molar-refractivity contribution in [3.05, 3.63) is 63.4 Å².